The van der Waals surface area contributed by atoms with E-state index in [2.05, 4.69) is 0 Å². The summed E-state index contributed by atoms with van der Waals surface area (Å²) in [6.07, 6.45) is -0.0581. The molecular weight excluding hydrogens is 248 g/mol. The summed E-state index contributed by atoms with van der Waals surface area (Å²) in [7, 11) is 0. The van der Waals surface area contributed by atoms with Crippen molar-refractivity contribution in [3.05, 3.63) is 57.3 Å². The molecule has 0 aliphatic carbocycles. The first-order chi connectivity index (χ1) is 8.58. The van der Waals surface area contributed by atoms with E-state index in [1.807, 2.05) is 18.4 Å². The van der Waals surface area contributed by atoms with Crippen LogP contribution >= 0.6 is 11.3 Å². The summed E-state index contributed by atoms with van der Waals surface area (Å²) in [5, 5.41) is 10.7. The van der Waals surface area contributed by atoms with Crippen LogP contribution in [0, 0.1) is 6.92 Å². The Hall–Kier alpha value is -1.94. The predicted octanol–water partition coefficient (Wildman–Crippen LogP) is 2.91. The molecule has 1 aromatic carbocycles. The first-order valence-corrected chi connectivity index (χ1v) is 6.35. The SMILES string of the molecule is Cc1ccc(C(=O)c2cccs2)cc1CC(=O)O. The molecule has 4 heteroatoms. The topological polar surface area (TPSA) is 54.4 Å². The van der Waals surface area contributed by atoms with Gasteiger partial charge in [-0.2, -0.15) is 0 Å². The number of carbonyl (C=O) groups is 2. The van der Waals surface area contributed by atoms with Crippen LogP contribution in [0.25, 0.3) is 0 Å². The summed E-state index contributed by atoms with van der Waals surface area (Å²) in [5.41, 5.74) is 2.12. The molecule has 1 heterocycles. The molecule has 0 unspecified atom stereocenters. The van der Waals surface area contributed by atoms with Crippen LogP contribution < -0.4 is 0 Å². The van der Waals surface area contributed by atoms with Gasteiger partial charge in [-0.3, -0.25) is 9.59 Å². The zero-order valence-electron chi connectivity index (χ0n) is 9.84. The van der Waals surface area contributed by atoms with Crippen molar-refractivity contribution >= 4 is 23.1 Å². The third-order valence-corrected chi connectivity index (χ3v) is 3.57. The van der Waals surface area contributed by atoms with Crippen LogP contribution in [0.2, 0.25) is 0 Å². The molecule has 1 N–H and O–H groups in total. The molecule has 0 aliphatic heterocycles. The molecule has 0 spiro atoms. The standard InChI is InChI=1S/C14H12O3S/c1-9-4-5-10(7-11(9)8-13(15)16)14(17)12-3-2-6-18-12/h2-7H,8H2,1H3,(H,15,16). The van der Waals surface area contributed by atoms with Crippen molar-refractivity contribution < 1.29 is 14.7 Å². The minimum absolute atomic E-state index is 0.0581. The number of ketones is 1. The Morgan fingerprint density at radius 2 is 2.06 bits per heavy atom. The molecule has 3 nitrogen and oxygen atoms in total. The van der Waals surface area contributed by atoms with Crippen molar-refractivity contribution in [1.29, 1.82) is 0 Å². The van der Waals surface area contributed by atoms with Gasteiger partial charge in [0.2, 0.25) is 5.78 Å². The largest absolute Gasteiger partial charge is 0.481 e. The lowest BCUT2D eigenvalue weighted by Gasteiger charge is -2.05. The van der Waals surface area contributed by atoms with Gasteiger partial charge in [0.05, 0.1) is 11.3 Å². The molecule has 2 aromatic rings. The second-order valence-electron chi connectivity index (χ2n) is 4.02. The highest BCUT2D eigenvalue weighted by Crippen LogP contribution is 2.18. The lowest BCUT2D eigenvalue weighted by atomic mass is 10.00. The highest BCUT2D eigenvalue weighted by molar-refractivity contribution is 7.12. The van der Waals surface area contributed by atoms with Gasteiger partial charge in [0, 0.05) is 5.56 Å². The monoisotopic (exact) mass is 260 g/mol. The number of hydrogen-bond acceptors (Lipinski definition) is 3. The van der Waals surface area contributed by atoms with Gasteiger partial charge in [0.15, 0.2) is 0 Å². The number of carboxylic acid groups (broad SMARTS) is 1. The fourth-order valence-corrected chi connectivity index (χ4v) is 2.40. The van der Waals surface area contributed by atoms with Crippen LogP contribution in [0.3, 0.4) is 0 Å². The van der Waals surface area contributed by atoms with Gasteiger partial charge in [-0.1, -0.05) is 18.2 Å². The predicted molar refractivity (Wildman–Crippen MR) is 70.3 cm³/mol. The molecule has 18 heavy (non-hydrogen) atoms. The molecule has 0 atom stereocenters. The fourth-order valence-electron chi connectivity index (χ4n) is 1.72. The average Bonchev–Trinajstić information content (AvgIpc) is 2.84. The molecule has 1 aromatic heterocycles. The average molecular weight is 260 g/mol. The Bertz CT molecular complexity index is 585. The maximum Gasteiger partial charge on any atom is 0.307 e. The van der Waals surface area contributed by atoms with Gasteiger partial charge in [-0.05, 0) is 35.6 Å². The molecule has 0 saturated carbocycles. The zero-order valence-corrected chi connectivity index (χ0v) is 10.7. The quantitative estimate of drug-likeness (QED) is 0.860. The number of aliphatic carboxylic acids is 1. The minimum Gasteiger partial charge on any atom is -0.481 e. The lowest BCUT2D eigenvalue weighted by molar-refractivity contribution is -0.136. The second kappa shape index (κ2) is 5.14. The molecule has 2 rings (SSSR count). The maximum atomic E-state index is 12.1. The number of carbonyl (C=O) groups excluding carboxylic acids is 1. The third kappa shape index (κ3) is 2.65. The summed E-state index contributed by atoms with van der Waals surface area (Å²) in [4.78, 5) is 23.5. The van der Waals surface area contributed by atoms with E-state index in [4.69, 9.17) is 5.11 Å². The van der Waals surface area contributed by atoms with Crippen LogP contribution in [0.1, 0.15) is 26.4 Å². The summed E-state index contributed by atoms with van der Waals surface area (Å²) < 4.78 is 0. The Labute approximate surface area is 109 Å². The van der Waals surface area contributed by atoms with E-state index in [-0.39, 0.29) is 12.2 Å². The molecule has 0 saturated heterocycles. The van der Waals surface area contributed by atoms with Crippen molar-refractivity contribution in [1.82, 2.24) is 0 Å². The number of aryl methyl sites for hydroxylation is 1. The lowest BCUT2D eigenvalue weighted by Crippen LogP contribution is -2.05. The Balaban J connectivity index is 2.35. The van der Waals surface area contributed by atoms with Gasteiger partial charge in [0.1, 0.15) is 0 Å². The molecule has 0 radical (unpaired) electrons. The van der Waals surface area contributed by atoms with Gasteiger partial charge >= 0.3 is 5.97 Å². The molecule has 0 fully saturated rings. The van der Waals surface area contributed by atoms with Crippen molar-refractivity contribution in [2.24, 2.45) is 0 Å². The molecule has 0 aliphatic rings. The van der Waals surface area contributed by atoms with E-state index in [1.54, 1.807) is 24.3 Å². The van der Waals surface area contributed by atoms with Crippen LogP contribution in [0.5, 0.6) is 0 Å². The number of benzene rings is 1. The van der Waals surface area contributed by atoms with Crippen LogP contribution in [0.4, 0.5) is 0 Å². The number of hydrogen-bond donors (Lipinski definition) is 1. The van der Waals surface area contributed by atoms with Crippen molar-refractivity contribution in [2.45, 2.75) is 13.3 Å². The second-order valence-corrected chi connectivity index (χ2v) is 4.97. The normalized spacial score (nSPS) is 10.3. The van der Waals surface area contributed by atoms with Gasteiger partial charge in [-0.15, -0.1) is 11.3 Å². The van der Waals surface area contributed by atoms with Crippen LogP contribution in [0.15, 0.2) is 35.7 Å². The highest BCUT2D eigenvalue weighted by Gasteiger charge is 2.12. The van der Waals surface area contributed by atoms with Gasteiger partial charge in [-0.25, -0.2) is 0 Å². The molecular formula is C14H12O3S. The number of thiophene rings is 1. The summed E-state index contributed by atoms with van der Waals surface area (Å²) in [5.74, 6) is -0.949. The van der Waals surface area contributed by atoms with Crippen molar-refractivity contribution in [3.8, 4) is 0 Å². The first kappa shape index (κ1) is 12.5. The zero-order chi connectivity index (χ0) is 13.1. The fraction of sp³-hybridized carbons (Fsp3) is 0.143. The molecule has 92 valence electrons. The summed E-state index contributed by atoms with van der Waals surface area (Å²) >= 11 is 1.38. The van der Waals surface area contributed by atoms with E-state index in [9.17, 15) is 9.59 Å². The Morgan fingerprint density at radius 3 is 2.67 bits per heavy atom. The first-order valence-electron chi connectivity index (χ1n) is 5.47. The van der Waals surface area contributed by atoms with Crippen molar-refractivity contribution in [2.75, 3.05) is 0 Å². The Kier molecular flexibility index (Phi) is 3.58. The van der Waals surface area contributed by atoms with E-state index in [0.717, 1.165) is 5.56 Å². The van der Waals surface area contributed by atoms with Crippen LogP contribution in [-0.4, -0.2) is 16.9 Å². The van der Waals surface area contributed by atoms with Crippen molar-refractivity contribution in [3.63, 3.8) is 0 Å². The molecule has 0 amide bonds. The number of carboxylic acids is 1. The van der Waals surface area contributed by atoms with E-state index in [1.165, 1.54) is 11.3 Å². The van der Waals surface area contributed by atoms with E-state index in [0.29, 0.717) is 16.0 Å². The number of rotatable bonds is 4. The summed E-state index contributed by atoms with van der Waals surface area (Å²) in [6.45, 7) is 1.84. The molecule has 0 bridgehead atoms. The highest BCUT2D eigenvalue weighted by atomic mass is 32.1. The van der Waals surface area contributed by atoms with E-state index >= 15 is 0 Å². The smallest absolute Gasteiger partial charge is 0.307 e. The van der Waals surface area contributed by atoms with Gasteiger partial charge in [0.25, 0.3) is 0 Å². The third-order valence-electron chi connectivity index (χ3n) is 2.70. The Morgan fingerprint density at radius 1 is 1.28 bits per heavy atom. The summed E-state index contributed by atoms with van der Waals surface area (Å²) in [6, 6.07) is 8.79. The van der Waals surface area contributed by atoms with E-state index < -0.39 is 5.97 Å². The minimum atomic E-state index is -0.890. The van der Waals surface area contributed by atoms with Crippen LogP contribution in [-0.2, 0) is 11.2 Å². The van der Waals surface area contributed by atoms with Gasteiger partial charge < -0.3 is 5.11 Å². The maximum absolute atomic E-state index is 12.1.